The molecule has 0 heterocycles. The standard InChI is InChI=1S/C2Cl2O6S2/c3-11(5,6)9-1-2-10-12(4,7)8. The van der Waals surface area contributed by atoms with Crippen molar-refractivity contribution in [2.75, 3.05) is 0 Å². The summed E-state index contributed by atoms with van der Waals surface area (Å²) in [5.74, 6) is 0. The average molecular weight is 255 g/mol. The Hall–Kier alpha value is -0.360. The van der Waals surface area contributed by atoms with Gasteiger partial charge in [-0.3, -0.25) is 0 Å². The van der Waals surface area contributed by atoms with E-state index in [1.165, 1.54) is 12.2 Å². The third-order valence-electron chi connectivity index (χ3n) is 0.324. The highest BCUT2D eigenvalue weighted by Gasteiger charge is 2.03. The van der Waals surface area contributed by atoms with Crippen LogP contribution in [0.25, 0.3) is 0 Å². The number of halogens is 2. The minimum atomic E-state index is -4.26. The van der Waals surface area contributed by atoms with Gasteiger partial charge in [0.2, 0.25) is 0 Å². The van der Waals surface area contributed by atoms with Gasteiger partial charge in [-0.1, -0.05) is 0 Å². The van der Waals surface area contributed by atoms with Crippen molar-refractivity contribution in [1.29, 1.82) is 0 Å². The van der Waals surface area contributed by atoms with Crippen molar-refractivity contribution in [2.24, 2.45) is 0 Å². The van der Waals surface area contributed by atoms with Gasteiger partial charge in [0.25, 0.3) is 0 Å². The van der Waals surface area contributed by atoms with Gasteiger partial charge < -0.3 is 8.37 Å². The number of rotatable bonds is 2. The average Bonchev–Trinajstić information content (AvgIpc) is 1.76. The third kappa shape index (κ3) is 9.64. The zero-order valence-electron chi connectivity index (χ0n) is 5.02. The van der Waals surface area contributed by atoms with Crippen molar-refractivity contribution in [3.05, 3.63) is 0 Å². The monoisotopic (exact) mass is 254 g/mol. The highest BCUT2D eigenvalue weighted by atomic mass is 35.7. The summed E-state index contributed by atoms with van der Waals surface area (Å²) in [6.45, 7) is 0. The predicted molar refractivity (Wildman–Crippen MR) is 39.5 cm³/mol. The molecule has 0 saturated carbocycles. The van der Waals surface area contributed by atoms with E-state index in [4.69, 9.17) is 0 Å². The molecule has 0 aromatic heterocycles. The molecule has 0 rings (SSSR count). The molecule has 0 aliphatic heterocycles. The van der Waals surface area contributed by atoms with Gasteiger partial charge >= 0.3 is 18.7 Å². The zero-order chi connectivity index (χ0) is 9.83. The predicted octanol–water partition coefficient (Wildman–Crippen LogP) is -0.0948. The minimum Gasteiger partial charge on any atom is -0.312 e. The highest BCUT2D eigenvalue weighted by Crippen LogP contribution is 1.98. The Bertz CT molecular complexity index is 357. The fourth-order valence-electron chi connectivity index (χ4n) is 0.134. The number of hydrogen-bond donors (Lipinski definition) is 0. The second-order valence-electron chi connectivity index (χ2n) is 1.16. The highest BCUT2D eigenvalue weighted by molar-refractivity contribution is 8.10. The molecule has 0 radical (unpaired) electrons. The van der Waals surface area contributed by atoms with Crippen LogP contribution in [0.15, 0.2) is 0 Å². The van der Waals surface area contributed by atoms with Crippen LogP contribution in [0.1, 0.15) is 0 Å². The lowest BCUT2D eigenvalue weighted by Gasteiger charge is -1.86. The second-order valence-corrected chi connectivity index (χ2v) is 5.33. The first-order valence-electron chi connectivity index (χ1n) is 1.97. The Labute approximate surface area is 77.6 Å². The van der Waals surface area contributed by atoms with Crippen LogP contribution in [0.3, 0.4) is 0 Å². The molecule has 0 amide bonds. The molecule has 70 valence electrons. The van der Waals surface area contributed by atoms with Crippen LogP contribution in [0.5, 0.6) is 0 Å². The zero-order valence-corrected chi connectivity index (χ0v) is 8.17. The minimum absolute atomic E-state index is 1.33. The van der Waals surface area contributed by atoms with Crippen LogP contribution in [-0.2, 0) is 27.0 Å². The molecule has 0 fully saturated rings. The van der Waals surface area contributed by atoms with Crippen molar-refractivity contribution >= 4 is 40.0 Å². The summed E-state index contributed by atoms with van der Waals surface area (Å²) in [4.78, 5) is 0. The molecule has 0 aromatic carbocycles. The molecular weight excluding hydrogens is 255 g/mol. The molecule has 12 heavy (non-hydrogen) atoms. The molecule has 0 aromatic rings. The molecular formula is C2Cl2O6S2. The molecule has 0 N–H and O–H groups in total. The van der Waals surface area contributed by atoms with Crippen molar-refractivity contribution in [1.82, 2.24) is 0 Å². The maximum atomic E-state index is 9.96. The van der Waals surface area contributed by atoms with E-state index in [0.29, 0.717) is 0 Å². The van der Waals surface area contributed by atoms with Gasteiger partial charge in [0, 0.05) is 0 Å². The molecule has 0 aliphatic carbocycles. The van der Waals surface area contributed by atoms with E-state index in [2.05, 4.69) is 29.7 Å². The quantitative estimate of drug-likeness (QED) is 0.506. The van der Waals surface area contributed by atoms with Crippen molar-refractivity contribution in [3.8, 4) is 12.2 Å². The van der Waals surface area contributed by atoms with E-state index in [1.54, 1.807) is 0 Å². The van der Waals surface area contributed by atoms with Gasteiger partial charge in [-0.15, -0.1) is 0 Å². The Morgan fingerprint density at radius 1 is 0.833 bits per heavy atom. The van der Waals surface area contributed by atoms with Crippen LogP contribution in [0.4, 0.5) is 0 Å². The Balaban J connectivity index is 4.12. The van der Waals surface area contributed by atoms with Gasteiger partial charge in [-0.05, 0) is 0 Å². The van der Waals surface area contributed by atoms with Gasteiger partial charge in [0.1, 0.15) is 0 Å². The lowest BCUT2D eigenvalue weighted by Crippen LogP contribution is -1.92. The van der Waals surface area contributed by atoms with E-state index < -0.39 is 18.7 Å². The molecule has 0 saturated heterocycles. The Morgan fingerprint density at radius 3 is 1.25 bits per heavy atom. The lowest BCUT2D eigenvalue weighted by molar-refractivity contribution is 0.457. The summed E-state index contributed by atoms with van der Waals surface area (Å²) < 4.78 is 46.9. The van der Waals surface area contributed by atoms with Gasteiger partial charge in [0.15, 0.2) is 12.2 Å². The fraction of sp³-hybridized carbons (Fsp3) is 0. The molecule has 0 atom stereocenters. The largest absolute Gasteiger partial charge is 0.409 e. The molecule has 0 spiro atoms. The lowest BCUT2D eigenvalue weighted by atomic mass is 11.2. The summed E-state index contributed by atoms with van der Waals surface area (Å²) >= 11 is 0. The van der Waals surface area contributed by atoms with E-state index >= 15 is 0 Å². The van der Waals surface area contributed by atoms with E-state index in [9.17, 15) is 16.8 Å². The summed E-state index contributed by atoms with van der Waals surface area (Å²) in [5, 5.41) is 0. The topological polar surface area (TPSA) is 86.7 Å². The maximum absolute atomic E-state index is 9.96. The SMILES string of the molecule is O=S(=O)(Cl)OC#COS(=O)(=O)Cl. The number of hydrogen-bond acceptors (Lipinski definition) is 6. The van der Waals surface area contributed by atoms with Crippen LogP contribution < -0.4 is 0 Å². The summed E-state index contributed by atoms with van der Waals surface area (Å²) in [6.07, 6.45) is 2.65. The van der Waals surface area contributed by atoms with Gasteiger partial charge in [0.05, 0.1) is 21.4 Å². The first kappa shape index (κ1) is 11.6. The summed E-state index contributed by atoms with van der Waals surface area (Å²) in [6, 6.07) is 0. The van der Waals surface area contributed by atoms with Gasteiger partial charge in [-0.2, -0.15) is 16.8 Å². The van der Waals surface area contributed by atoms with Crippen LogP contribution in [0.2, 0.25) is 0 Å². The Kier molecular flexibility index (Phi) is 3.92. The van der Waals surface area contributed by atoms with Crippen molar-refractivity contribution in [3.63, 3.8) is 0 Å². The molecule has 0 unspecified atom stereocenters. The second kappa shape index (κ2) is 4.04. The van der Waals surface area contributed by atoms with Crippen LogP contribution >= 0.6 is 21.4 Å². The van der Waals surface area contributed by atoms with Crippen molar-refractivity contribution < 1.29 is 25.2 Å². The Morgan fingerprint density at radius 2 is 1.08 bits per heavy atom. The smallest absolute Gasteiger partial charge is 0.312 e. The first-order chi connectivity index (χ1) is 5.21. The first-order valence-corrected chi connectivity index (χ1v) is 6.44. The molecule has 10 heteroatoms. The van der Waals surface area contributed by atoms with Crippen molar-refractivity contribution in [2.45, 2.75) is 0 Å². The molecule has 0 aliphatic rings. The summed E-state index contributed by atoms with van der Waals surface area (Å²) in [7, 11) is 0.463. The molecule has 6 nitrogen and oxygen atoms in total. The third-order valence-corrected chi connectivity index (χ3v) is 1.27. The van der Waals surface area contributed by atoms with E-state index in [-0.39, 0.29) is 0 Å². The normalized spacial score (nSPS) is 11.2. The van der Waals surface area contributed by atoms with E-state index in [1.807, 2.05) is 0 Å². The van der Waals surface area contributed by atoms with Crippen LogP contribution in [-0.4, -0.2) is 16.8 Å². The van der Waals surface area contributed by atoms with Crippen LogP contribution in [0, 0.1) is 12.2 Å². The van der Waals surface area contributed by atoms with Gasteiger partial charge in [-0.25, -0.2) is 0 Å². The molecule has 0 bridgehead atoms. The van der Waals surface area contributed by atoms with E-state index in [0.717, 1.165) is 0 Å². The summed E-state index contributed by atoms with van der Waals surface area (Å²) in [5.41, 5.74) is 0. The fourth-order valence-corrected chi connectivity index (χ4v) is 0.590. The maximum Gasteiger partial charge on any atom is 0.409 e.